The lowest BCUT2D eigenvalue weighted by molar-refractivity contribution is 0.736. The molecule has 0 fully saturated rings. The molecular formula is C12H15NS. The van der Waals surface area contributed by atoms with Crippen LogP contribution in [0, 0.1) is 0 Å². The SMILES string of the molecule is CC1=NC(C)C(C)Sc2ccccc21. The highest BCUT2D eigenvalue weighted by Crippen LogP contribution is 2.32. The fourth-order valence-corrected chi connectivity index (χ4v) is 2.81. The molecule has 0 spiro atoms. The van der Waals surface area contributed by atoms with Crippen molar-refractivity contribution in [3.63, 3.8) is 0 Å². The van der Waals surface area contributed by atoms with Crippen LogP contribution in [0.2, 0.25) is 0 Å². The fourth-order valence-electron chi connectivity index (χ4n) is 1.65. The quantitative estimate of drug-likeness (QED) is 0.632. The Morgan fingerprint density at radius 3 is 2.71 bits per heavy atom. The summed E-state index contributed by atoms with van der Waals surface area (Å²) in [6, 6.07) is 8.94. The lowest BCUT2D eigenvalue weighted by atomic mass is 10.1. The van der Waals surface area contributed by atoms with Crippen LogP contribution < -0.4 is 0 Å². The number of aliphatic imine (C=N–C) groups is 1. The first-order valence-electron chi connectivity index (χ1n) is 4.99. The minimum atomic E-state index is 0.410. The Labute approximate surface area is 89.6 Å². The van der Waals surface area contributed by atoms with Gasteiger partial charge in [0.05, 0.1) is 6.04 Å². The summed E-state index contributed by atoms with van der Waals surface area (Å²) in [4.78, 5) is 6.06. The second-order valence-corrected chi connectivity index (χ2v) is 5.19. The molecule has 0 aliphatic carbocycles. The zero-order chi connectivity index (χ0) is 10.1. The van der Waals surface area contributed by atoms with Crippen molar-refractivity contribution >= 4 is 17.5 Å². The van der Waals surface area contributed by atoms with Crippen molar-refractivity contribution in [2.75, 3.05) is 0 Å². The van der Waals surface area contributed by atoms with Gasteiger partial charge < -0.3 is 0 Å². The minimum absolute atomic E-state index is 0.410. The molecule has 0 saturated heterocycles. The monoisotopic (exact) mass is 205 g/mol. The highest BCUT2D eigenvalue weighted by molar-refractivity contribution is 8.00. The van der Waals surface area contributed by atoms with Crippen molar-refractivity contribution in [2.45, 2.75) is 37.0 Å². The summed E-state index contributed by atoms with van der Waals surface area (Å²) in [5.41, 5.74) is 2.47. The summed E-state index contributed by atoms with van der Waals surface area (Å²) < 4.78 is 0. The largest absolute Gasteiger partial charge is 0.285 e. The van der Waals surface area contributed by atoms with Crippen molar-refractivity contribution in [1.29, 1.82) is 0 Å². The number of thioether (sulfide) groups is 1. The maximum absolute atomic E-state index is 4.69. The third-order valence-electron chi connectivity index (χ3n) is 2.67. The van der Waals surface area contributed by atoms with E-state index in [0.29, 0.717) is 11.3 Å². The third kappa shape index (κ3) is 1.71. The molecule has 1 nitrogen and oxygen atoms in total. The van der Waals surface area contributed by atoms with Gasteiger partial charge in [-0.3, -0.25) is 4.99 Å². The van der Waals surface area contributed by atoms with Gasteiger partial charge in [0.15, 0.2) is 0 Å². The molecule has 0 radical (unpaired) electrons. The van der Waals surface area contributed by atoms with Crippen LogP contribution in [-0.4, -0.2) is 17.0 Å². The number of rotatable bonds is 0. The molecule has 2 rings (SSSR count). The van der Waals surface area contributed by atoms with E-state index in [1.165, 1.54) is 16.2 Å². The van der Waals surface area contributed by atoms with Crippen LogP contribution in [0.25, 0.3) is 0 Å². The smallest absolute Gasteiger partial charge is 0.0594 e. The van der Waals surface area contributed by atoms with Crippen LogP contribution in [0.15, 0.2) is 34.2 Å². The third-order valence-corrected chi connectivity index (χ3v) is 4.04. The Kier molecular flexibility index (Phi) is 2.64. The van der Waals surface area contributed by atoms with Gasteiger partial charge in [-0.05, 0) is 19.9 Å². The number of nitrogens with zero attached hydrogens (tertiary/aromatic N) is 1. The van der Waals surface area contributed by atoms with E-state index in [9.17, 15) is 0 Å². The Balaban J connectivity index is 2.50. The first-order valence-corrected chi connectivity index (χ1v) is 5.87. The van der Waals surface area contributed by atoms with Crippen molar-refractivity contribution in [1.82, 2.24) is 0 Å². The second kappa shape index (κ2) is 3.77. The van der Waals surface area contributed by atoms with E-state index in [1.54, 1.807) is 0 Å². The second-order valence-electron chi connectivity index (χ2n) is 3.77. The number of benzene rings is 1. The van der Waals surface area contributed by atoms with Crippen molar-refractivity contribution < 1.29 is 0 Å². The predicted molar refractivity (Wildman–Crippen MR) is 63.4 cm³/mol. The lowest BCUT2D eigenvalue weighted by Gasteiger charge is -2.12. The van der Waals surface area contributed by atoms with Gasteiger partial charge >= 0.3 is 0 Å². The molecule has 1 aliphatic rings. The van der Waals surface area contributed by atoms with Crippen LogP contribution in [0.1, 0.15) is 26.3 Å². The van der Waals surface area contributed by atoms with Gasteiger partial charge in [0.1, 0.15) is 0 Å². The summed E-state index contributed by atoms with van der Waals surface area (Å²) in [7, 11) is 0. The van der Waals surface area contributed by atoms with Gasteiger partial charge in [-0.2, -0.15) is 0 Å². The summed E-state index contributed by atoms with van der Waals surface area (Å²) in [5.74, 6) is 0. The van der Waals surface area contributed by atoms with E-state index in [4.69, 9.17) is 4.99 Å². The molecule has 1 aromatic carbocycles. The zero-order valence-electron chi connectivity index (χ0n) is 8.82. The van der Waals surface area contributed by atoms with E-state index in [-0.39, 0.29) is 0 Å². The predicted octanol–water partition coefficient (Wildman–Crippen LogP) is 3.38. The Hall–Kier alpha value is -0.760. The normalized spacial score (nSPS) is 26.4. The Bertz CT molecular complexity index is 370. The van der Waals surface area contributed by atoms with E-state index >= 15 is 0 Å². The molecule has 74 valence electrons. The summed E-state index contributed by atoms with van der Waals surface area (Å²) >= 11 is 1.93. The molecule has 0 aromatic heterocycles. The molecule has 2 heteroatoms. The van der Waals surface area contributed by atoms with Crippen LogP contribution in [-0.2, 0) is 0 Å². The average molecular weight is 205 g/mol. The standard InChI is InChI=1S/C12H15NS/c1-8-10(3)14-12-7-5-4-6-11(12)9(2)13-8/h4-8,10H,1-3H3. The van der Waals surface area contributed by atoms with Crippen molar-refractivity contribution in [3.8, 4) is 0 Å². The topological polar surface area (TPSA) is 12.4 Å². The number of hydrogen-bond acceptors (Lipinski definition) is 2. The highest BCUT2D eigenvalue weighted by atomic mass is 32.2. The van der Waals surface area contributed by atoms with Gasteiger partial charge in [-0.15, -0.1) is 11.8 Å². The molecule has 1 heterocycles. The molecule has 0 bridgehead atoms. The van der Waals surface area contributed by atoms with Crippen molar-refractivity contribution in [3.05, 3.63) is 29.8 Å². The maximum Gasteiger partial charge on any atom is 0.0594 e. The van der Waals surface area contributed by atoms with Crippen LogP contribution in [0.3, 0.4) is 0 Å². The van der Waals surface area contributed by atoms with E-state index in [0.717, 1.165) is 0 Å². The summed E-state index contributed by atoms with van der Waals surface area (Å²) in [5, 5.41) is 0.564. The van der Waals surface area contributed by atoms with Gasteiger partial charge in [-0.1, -0.05) is 25.1 Å². The van der Waals surface area contributed by atoms with Gasteiger partial charge in [0.25, 0.3) is 0 Å². The number of fused-ring (bicyclic) bond motifs is 1. The Morgan fingerprint density at radius 1 is 1.21 bits per heavy atom. The van der Waals surface area contributed by atoms with Gasteiger partial charge in [0, 0.05) is 21.4 Å². The minimum Gasteiger partial charge on any atom is -0.285 e. The lowest BCUT2D eigenvalue weighted by Crippen LogP contribution is -2.13. The fraction of sp³-hybridized carbons (Fsp3) is 0.417. The number of hydrogen-bond donors (Lipinski definition) is 0. The van der Waals surface area contributed by atoms with Gasteiger partial charge in [0.2, 0.25) is 0 Å². The molecule has 2 unspecified atom stereocenters. The summed E-state index contributed by atoms with van der Waals surface area (Å²) in [6.45, 7) is 6.54. The average Bonchev–Trinajstić information content (AvgIpc) is 2.27. The summed E-state index contributed by atoms with van der Waals surface area (Å²) in [6.07, 6.45) is 0. The van der Waals surface area contributed by atoms with Crippen LogP contribution >= 0.6 is 11.8 Å². The van der Waals surface area contributed by atoms with Crippen molar-refractivity contribution in [2.24, 2.45) is 4.99 Å². The van der Waals surface area contributed by atoms with E-state index in [1.807, 2.05) is 11.8 Å². The molecule has 1 aliphatic heterocycles. The Morgan fingerprint density at radius 2 is 1.93 bits per heavy atom. The van der Waals surface area contributed by atoms with Crippen LogP contribution in [0.4, 0.5) is 0 Å². The maximum atomic E-state index is 4.69. The van der Waals surface area contributed by atoms with Crippen LogP contribution in [0.5, 0.6) is 0 Å². The molecule has 0 amide bonds. The molecular weight excluding hydrogens is 190 g/mol. The van der Waals surface area contributed by atoms with E-state index < -0.39 is 0 Å². The zero-order valence-corrected chi connectivity index (χ0v) is 9.64. The van der Waals surface area contributed by atoms with E-state index in [2.05, 4.69) is 45.0 Å². The molecule has 14 heavy (non-hydrogen) atoms. The molecule has 0 N–H and O–H groups in total. The first-order chi connectivity index (χ1) is 6.68. The first kappa shape index (κ1) is 9.78. The molecule has 0 saturated carbocycles. The molecule has 1 aromatic rings. The molecule has 2 atom stereocenters. The highest BCUT2D eigenvalue weighted by Gasteiger charge is 2.19. The van der Waals surface area contributed by atoms with Gasteiger partial charge in [-0.25, -0.2) is 0 Å².